The van der Waals surface area contributed by atoms with Crippen molar-refractivity contribution in [1.82, 2.24) is 0 Å². The second-order valence-corrected chi connectivity index (χ2v) is 5.20. The molecule has 0 bridgehead atoms. The third kappa shape index (κ3) is 5.46. The van der Waals surface area contributed by atoms with Crippen LogP contribution in [0, 0.1) is 5.82 Å². The molecule has 1 unspecified atom stereocenters. The topological polar surface area (TPSA) is 102 Å². The first-order valence-electron chi connectivity index (χ1n) is 5.74. The minimum Gasteiger partial charge on any atom is -0.386 e. The molecule has 108 valence electrons. The van der Waals surface area contributed by atoms with E-state index in [2.05, 4.69) is 4.36 Å². The lowest BCUT2D eigenvalue weighted by molar-refractivity contribution is 0.0781. The zero-order valence-corrected chi connectivity index (χ0v) is 12.3. The van der Waals surface area contributed by atoms with Crippen molar-refractivity contribution in [2.45, 2.75) is 38.2 Å². The molecule has 1 atom stereocenters. The quantitative estimate of drug-likeness (QED) is 0.777. The summed E-state index contributed by atoms with van der Waals surface area (Å²) in [5.74, 6) is -0.625. The highest BCUT2D eigenvalue weighted by molar-refractivity contribution is 7.85. The molecule has 7 heteroatoms. The molecule has 0 radical (unpaired) electrons. The molecular weight excluding hydrogens is 269 g/mol. The molecule has 0 saturated heterocycles. The number of carbonyl (C=O) groups excluding carboxylic acids is 1. The van der Waals surface area contributed by atoms with Crippen LogP contribution >= 0.6 is 0 Å². The van der Waals surface area contributed by atoms with Crippen LogP contribution in [-0.4, -0.2) is 11.1 Å². The summed E-state index contributed by atoms with van der Waals surface area (Å²) < 4.78 is 17.0. The molecule has 0 spiro atoms. The van der Waals surface area contributed by atoms with Crippen molar-refractivity contribution in [3.05, 3.63) is 29.6 Å². The molecule has 0 aliphatic heterocycles. The molecule has 19 heavy (non-hydrogen) atoms. The van der Waals surface area contributed by atoms with E-state index in [0.29, 0.717) is 5.56 Å². The van der Waals surface area contributed by atoms with E-state index in [1.807, 2.05) is 13.8 Å². The van der Waals surface area contributed by atoms with E-state index in [4.69, 9.17) is 10.9 Å². The van der Waals surface area contributed by atoms with Gasteiger partial charge in [-0.1, -0.05) is 19.9 Å². The number of halogens is 1. The summed E-state index contributed by atoms with van der Waals surface area (Å²) >= 11 is 0. The van der Waals surface area contributed by atoms with Crippen LogP contribution in [0.4, 0.5) is 9.18 Å². The first kappa shape index (κ1) is 17.7. The van der Waals surface area contributed by atoms with Crippen LogP contribution in [0.25, 0.3) is 0 Å². The number of hydrogen-bond donors (Lipinski definition) is 3. The molecule has 2 amide bonds. The van der Waals surface area contributed by atoms with Crippen LogP contribution in [0.1, 0.15) is 33.3 Å². The van der Waals surface area contributed by atoms with Crippen molar-refractivity contribution in [1.29, 1.82) is 0 Å². The summed E-state index contributed by atoms with van der Waals surface area (Å²) in [6.07, 6.45) is 0. The summed E-state index contributed by atoms with van der Waals surface area (Å²) in [7, 11) is -1.42. The number of hydrogen-bond acceptors (Lipinski definition) is 2. The maximum Gasteiger partial charge on any atom is 0.345 e. The van der Waals surface area contributed by atoms with Gasteiger partial charge in [-0.25, -0.2) is 9.18 Å². The number of urea groups is 1. The van der Waals surface area contributed by atoms with Crippen LogP contribution in [-0.2, 0) is 16.5 Å². The number of amides is 2. The van der Waals surface area contributed by atoms with Crippen molar-refractivity contribution in [2.24, 2.45) is 15.2 Å². The van der Waals surface area contributed by atoms with Crippen molar-refractivity contribution < 1.29 is 14.3 Å². The van der Waals surface area contributed by atoms with E-state index < -0.39 is 28.3 Å². The number of nitrogens with zero attached hydrogens (tertiary/aromatic N) is 1. The Bertz CT molecular complexity index is 484. The molecule has 0 aliphatic carbocycles. The van der Waals surface area contributed by atoms with Crippen molar-refractivity contribution >= 4 is 16.9 Å². The number of rotatable bonds is 2. The van der Waals surface area contributed by atoms with Crippen molar-refractivity contribution in [3.8, 4) is 0 Å². The minimum absolute atomic E-state index is 0.0804. The highest BCUT2D eigenvalue weighted by atomic mass is 32.2. The van der Waals surface area contributed by atoms with E-state index >= 15 is 0 Å². The Morgan fingerprint density at radius 2 is 1.95 bits per heavy atom. The molecule has 0 heterocycles. The van der Waals surface area contributed by atoms with E-state index in [0.717, 1.165) is 0 Å². The van der Waals surface area contributed by atoms with E-state index in [9.17, 15) is 14.3 Å². The second-order valence-electron chi connectivity index (χ2n) is 3.95. The molecule has 5 nitrogen and oxygen atoms in total. The predicted octanol–water partition coefficient (Wildman–Crippen LogP) is 2.19. The molecule has 0 aliphatic rings. The summed E-state index contributed by atoms with van der Waals surface area (Å²) in [5.41, 5.74) is 4.11. The molecule has 0 fully saturated rings. The Hall–Kier alpha value is -1.31. The largest absolute Gasteiger partial charge is 0.386 e. The van der Waals surface area contributed by atoms with Gasteiger partial charge in [0.1, 0.15) is 5.82 Å². The van der Waals surface area contributed by atoms with Gasteiger partial charge in [0.2, 0.25) is 0 Å². The standard InChI is InChI=1S/C10H14FN3O2S.C2H6/c1-10(2,16)6-3-4-8(7(11)5-6)17(13)14-9(12)15;1-2/h3-5,16H,1-2H3,(H4,12,13,14,15);1-2H3. The van der Waals surface area contributed by atoms with E-state index in [-0.39, 0.29) is 4.90 Å². The van der Waals surface area contributed by atoms with Gasteiger partial charge in [-0.3, -0.25) is 5.14 Å². The molecule has 0 saturated carbocycles. The van der Waals surface area contributed by atoms with Crippen LogP contribution in [0.5, 0.6) is 0 Å². The average Bonchev–Trinajstić information content (AvgIpc) is 2.29. The summed E-state index contributed by atoms with van der Waals surface area (Å²) in [6, 6.07) is 3.14. The summed E-state index contributed by atoms with van der Waals surface area (Å²) in [5, 5.41) is 15.2. The Labute approximate surface area is 115 Å². The fourth-order valence-corrected chi connectivity index (χ4v) is 1.96. The van der Waals surface area contributed by atoms with E-state index in [1.165, 1.54) is 32.0 Å². The van der Waals surface area contributed by atoms with Crippen LogP contribution in [0.2, 0.25) is 0 Å². The van der Waals surface area contributed by atoms with Gasteiger partial charge in [-0.2, -0.15) is 4.36 Å². The highest BCUT2D eigenvalue weighted by Gasteiger charge is 2.18. The fraction of sp³-hybridized carbons (Fsp3) is 0.417. The lowest BCUT2D eigenvalue weighted by Crippen LogP contribution is -2.17. The van der Waals surface area contributed by atoms with Gasteiger partial charge in [0, 0.05) is 10.9 Å². The van der Waals surface area contributed by atoms with Crippen LogP contribution in [0.15, 0.2) is 27.5 Å². The molecular formula is C12H20FN3O2S. The Morgan fingerprint density at radius 3 is 2.32 bits per heavy atom. The van der Waals surface area contributed by atoms with Gasteiger partial charge in [0.15, 0.2) is 0 Å². The highest BCUT2D eigenvalue weighted by Crippen LogP contribution is 2.23. The van der Waals surface area contributed by atoms with Crippen molar-refractivity contribution in [3.63, 3.8) is 0 Å². The summed E-state index contributed by atoms with van der Waals surface area (Å²) in [6.45, 7) is 7.08. The smallest absolute Gasteiger partial charge is 0.345 e. The Morgan fingerprint density at radius 1 is 1.42 bits per heavy atom. The number of benzene rings is 1. The Balaban J connectivity index is 0.00000154. The number of primary amides is 1. The third-order valence-electron chi connectivity index (χ3n) is 2.05. The molecule has 1 aromatic carbocycles. The minimum atomic E-state index is -1.42. The lowest BCUT2D eigenvalue weighted by Gasteiger charge is -2.18. The maximum absolute atomic E-state index is 13.7. The first-order chi connectivity index (χ1) is 8.71. The number of nitrogens with two attached hydrogens (primary N) is 2. The van der Waals surface area contributed by atoms with E-state index in [1.54, 1.807) is 0 Å². The third-order valence-corrected chi connectivity index (χ3v) is 3.21. The first-order valence-corrected chi connectivity index (χ1v) is 6.98. The van der Waals surface area contributed by atoms with Crippen LogP contribution in [0.3, 0.4) is 0 Å². The van der Waals surface area contributed by atoms with Gasteiger partial charge in [0.05, 0.1) is 10.5 Å². The van der Waals surface area contributed by atoms with Gasteiger partial charge >= 0.3 is 6.03 Å². The normalized spacial score (nSPS) is 12.6. The lowest BCUT2D eigenvalue weighted by atomic mass is 9.99. The average molecular weight is 289 g/mol. The molecule has 5 N–H and O–H groups in total. The van der Waals surface area contributed by atoms with Gasteiger partial charge in [-0.15, -0.1) is 0 Å². The second kappa shape index (κ2) is 7.32. The number of aliphatic hydroxyl groups is 1. The molecule has 1 rings (SSSR count). The summed E-state index contributed by atoms with van der Waals surface area (Å²) in [4.78, 5) is 10.6. The van der Waals surface area contributed by atoms with Crippen molar-refractivity contribution in [2.75, 3.05) is 0 Å². The molecule has 0 aromatic heterocycles. The SMILES string of the molecule is CC.CC(C)(O)c1ccc(S(N)=NC(N)=O)c(F)c1. The molecule has 1 aromatic rings. The van der Waals surface area contributed by atoms with Gasteiger partial charge in [0.25, 0.3) is 0 Å². The zero-order valence-electron chi connectivity index (χ0n) is 11.5. The van der Waals surface area contributed by atoms with Gasteiger partial charge < -0.3 is 10.8 Å². The van der Waals surface area contributed by atoms with Crippen LogP contribution < -0.4 is 10.9 Å². The fourth-order valence-electron chi connectivity index (χ4n) is 1.20. The predicted molar refractivity (Wildman–Crippen MR) is 74.8 cm³/mol. The maximum atomic E-state index is 13.7. The number of carbonyl (C=O) groups is 1. The monoisotopic (exact) mass is 289 g/mol. The van der Waals surface area contributed by atoms with Gasteiger partial charge in [-0.05, 0) is 31.5 Å². The zero-order chi connectivity index (χ0) is 15.2. The Kier molecular flexibility index (Phi) is 6.82.